The number of ether oxygens (including phenoxy) is 2. The quantitative estimate of drug-likeness (QED) is 0.496. The zero-order chi connectivity index (χ0) is 11.8. The molecule has 15 heavy (non-hydrogen) atoms. The van der Waals surface area contributed by atoms with Gasteiger partial charge in [0, 0.05) is 0 Å². The molecule has 0 bridgehead atoms. The molecule has 0 aliphatic carbocycles. The Morgan fingerprint density at radius 2 is 1.33 bits per heavy atom. The van der Waals surface area contributed by atoms with Crippen molar-refractivity contribution in [2.24, 2.45) is 11.5 Å². The molecule has 0 aliphatic heterocycles. The van der Waals surface area contributed by atoms with Gasteiger partial charge in [0.25, 0.3) is 0 Å². The molecule has 6 heteroatoms. The minimum atomic E-state index is -0.616. The van der Waals surface area contributed by atoms with Crippen molar-refractivity contribution in [3.8, 4) is 0 Å². The SMILES string of the molecule is CC(OCOC(C)C(=O)CN)C(=O)CN. The number of nitrogens with two attached hydrogens (primary N) is 2. The van der Waals surface area contributed by atoms with Crippen LogP contribution >= 0.6 is 0 Å². The molecule has 0 spiro atoms. The first-order chi connectivity index (χ1) is 7.02. The predicted octanol–water partition coefficient (Wildman–Crippen LogP) is -1.19. The summed E-state index contributed by atoms with van der Waals surface area (Å²) in [6, 6.07) is 0. The summed E-state index contributed by atoms with van der Waals surface area (Å²) in [7, 11) is 0. The molecule has 88 valence electrons. The van der Waals surface area contributed by atoms with Crippen molar-refractivity contribution in [3.05, 3.63) is 0 Å². The van der Waals surface area contributed by atoms with E-state index in [1.807, 2.05) is 0 Å². The number of Topliss-reactive ketones (excluding diaryl/α,β-unsaturated/α-hetero) is 2. The topological polar surface area (TPSA) is 105 Å². The van der Waals surface area contributed by atoms with Gasteiger partial charge in [-0.15, -0.1) is 0 Å². The van der Waals surface area contributed by atoms with Gasteiger partial charge in [-0.05, 0) is 13.8 Å². The maximum absolute atomic E-state index is 11.0. The Labute approximate surface area is 88.9 Å². The fourth-order valence-electron chi connectivity index (χ4n) is 0.761. The smallest absolute Gasteiger partial charge is 0.174 e. The van der Waals surface area contributed by atoms with Crippen LogP contribution in [0.5, 0.6) is 0 Å². The summed E-state index contributed by atoms with van der Waals surface area (Å²) in [5, 5.41) is 0. The molecule has 0 fully saturated rings. The van der Waals surface area contributed by atoms with Crippen LogP contribution in [0.3, 0.4) is 0 Å². The lowest BCUT2D eigenvalue weighted by Gasteiger charge is -2.14. The van der Waals surface area contributed by atoms with Gasteiger partial charge in [-0.25, -0.2) is 0 Å². The lowest BCUT2D eigenvalue weighted by molar-refractivity contribution is -0.151. The van der Waals surface area contributed by atoms with E-state index in [0.717, 1.165) is 0 Å². The third kappa shape index (κ3) is 5.58. The summed E-state index contributed by atoms with van der Waals surface area (Å²) in [5.41, 5.74) is 10.3. The molecule has 0 amide bonds. The maximum atomic E-state index is 11.0. The molecule has 0 radical (unpaired) electrons. The van der Waals surface area contributed by atoms with Crippen LogP contribution in [0.15, 0.2) is 0 Å². The van der Waals surface area contributed by atoms with Gasteiger partial charge < -0.3 is 20.9 Å². The van der Waals surface area contributed by atoms with Crippen LogP contribution in [0.2, 0.25) is 0 Å². The summed E-state index contributed by atoms with van der Waals surface area (Å²) >= 11 is 0. The zero-order valence-corrected chi connectivity index (χ0v) is 9.06. The molecule has 0 rings (SSSR count). The van der Waals surface area contributed by atoms with Crippen LogP contribution < -0.4 is 11.5 Å². The van der Waals surface area contributed by atoms with Gasteiger partial charge in [0.05, 0.1) is 13.1 Å². The van der Waals surface area contributed by atoms with Gasteiger partial charge in [-0.2, -0.15) is 0 Å². The lowest BCUT2D eigenvalue weighted by atomic mass is 10.2. The van der Waals surface area contributed by atoms with Crippen LogP contribution in [0.4, 0.5) is 0 Å². The van der Waals surface area contributed by atoms with E-state index in [9.17, 15) is 9.59 Å². The third-order valence-corrected chi connectivity index (χ3v) is 1.95. The van der Waals surface area contributed by atoms with Gasteiger partial charge in [0.2, 0.25) is 0 Å². The van der Waals surface area contributed by atoms with E-state index >= 15 is 0 Å². The molecule has 4 N–H and O–H groups in total. The third-order valence-electron chi connectivity index (χ3n) is 1.95. The normalized spacial score (nSPS) is 14.7. The highest BCUT2D eigenvalue weighted by Crippen LogP contribution is 1.96. The van der Waals surface area contributed by atoms with Crippen molar-refractivity contribution < 1.29 is 19.1 Å². The number of carbonyl (C=O) groups is 2. The zero-order valence-electron chi connectivity index (χ0n) is 9.06. The predicted molar refractivity (Wildman–Crippen MR) is 54.1 cm³/mol. The first-order valence-corrected chi connectivity index (χ1v) is 4.71. The van der Waals surface area contributed by atoms with Gasteiger partial charge in [-0.1, -0.05) is 0 Å². The minimum absolute atomic E-state index is 0.0710. The van der Waals surface area contributed by atoms with Crippen LogP contribution in [0.1, 0.15) is 13.8 Å². The van der Waals surface area contributed by atoms with Gasteiger partial charge in [0.15, 0.2) is 11.6 Å². The van der Waals surface area contributed by atoms with E-state index in [4.69, 9.17) is 20.9 Å². The second-order valence-electron chi connectivity index (χ2n) is 3.08. The van der Waals surface area contributed by atoms with Crippen LogP contribution in [-0.2, 0) is 19.1 Å². The monoisotopic (exact) mass is 218 g/mol. The van der Waals surface area contributed by atoms with E-state index in [0.29, 0.717) is 0 Å². The Bertz CT molecular complexity index is 198. The Morgan fingerprint density at radius 3 is 1.60 bits per heavy atom. The number of carbonyl (C=O) groups excluding carboxylic acids is 2. The van der Waals surface area contributed by atoms with E-state index < -0.39 is 12.2 Å². The highest BCUT2D eigenvalue weighted by Gasteiger charge is 2.14. The van der Waals surface area contributed by atoms with Gasteiger partial charge in [-0.3, -0.25) is 9.59 Å². The fourth-order valence-corrected chi connectivity index (χ4v) is 0.761. The summed E-state index contributed by atoms with van der Waals surface area (Å²) in [5.74, 6) is -0.423. The van der Waals surface area contributed by atoms with E-state index in [1.165, 1.54) is 0 Å². The van der Waals surface area contributed by atoms with Crippen molar-refractivity contribution in [3.63, 3.8) is 0 Å². The molecular formula is C9H18N2O4. The largest absolute Gasteiger partial charge is 0.345 e. The molecule has 0 aliphatic rings. The lowest BCUT2D eigenvalue weighted by Crippen LogP contribution is -2.32. The van der Waals surface area contributed by atoms with Crippen molar-refractivity contribution in [1.82, 2.24) is 0 Å². The fraction of sp³-hybridized carbons (Fsp3) is 0.778. The van der Waals surface area contributed by atoms with Crippen molar-refractivity contribution in [2.45, 2.75) is 26.1 Å². The number of hydrogen-bond donors (Lipinski definition) is 2. The second kappa shape index (κ2) is 7.47. The first kappa shape index (κ1) is 14.2. The average Bonchev–Trinajstić information content (AvgIpc) is 2.26. The summed E-state index contributed by atoms with van der Waals surface area (Å²) in [6.45, 7) is 2.89. The Morgan fingerprint density at radius 1 is 1.00 bits per heavy atom. The van der Waals surface area contributed by atoms with Gasteiger partial charge in [0.1, 0.15) is 19.0 Å². The van der Waals surface area contributed by atoms with E-state index in [1.54, 1.807) is 13.8 Å². The van der Waals surface area contributed by atoms with Crippen LogP contribution in [0, 0.1) is 0 Å². The highest BCUT2D eigenvalue weighted by molar-refractivity contribution is 5.84. The standard InChI is InChI=1S/C9H18N2O4/c1-6(8(12)3-10)14-5-15-7(2)9(13)4-11/h6-7H,3-5,10-11H2,1-2H3. The molecule has 0 aromatic heterocycles. The first-order valence-electron chi connectivity index (χ1n) is 4.71. The number of hydrogen-bond acceptors (Lipinski definition) is 6. The van der Waals surface area contributed by atoms with Crippen molar-refractivity contribution >= 4 is 11.6 Å². The molecule has 6 nitrogen and oxygen atoms in total. The second-order valence-corrected chi connectivity index (χ2v) is 3.08. The highest BCUT2D eigenvalue weighted by atomic mass is 16.7. The summed E-state index contributed by atoms with van der Waals surface area (Å²) < 4.78 is 10.0. The van der Waals surface area contributed by atoms with Crippen LogP contribution in [0.25, 0.3) is 0 Å². The van der Waals surface area contributed by atoms with Crippen molar-refractivity contribution in [2.75, 3.05) is 19.9 Å². The van der Waals surface area contributed by atoms with E-state index in [-0.39, 0.29) is 31.4 Å². The number of ketones is 2. The van der Waals surface area contributed by atoms with Crippen molar-refractivity contribution in [1.29, 1.82) is 0 Å². The Kier molecular flexibility index (Phi) is 7.06. The van der Waals surface area contributed by atoms with Crippen LogP contribution in [-0.4, -0.2) is 43.7 Å². The molecule has 0 aromatic rings. The molecule has 0 aromatic carbocycles. The molecule has 0 heterocycles. The summed E-state index contributed by atoms with van der Waals surface area (Å²) in [6.07, 6.45) is -1.23. The molecule has 2 atom stereocenters. The summed E-state index contributed by atoms with van der Waals surface area (Å²) in [4.78, 5) is 22.0. The Hall–Kier alpha value is -0.820. The van der Waals surface area contributed by atoms with E-state index in [2.05, 4.69) is 0 Å². The maximum Gasteiger partial charge on any atom is 0.174 e. The minimum Gasteiger partial charge on any atom is -0.345 e. The molecule has 2 unspecified atom stereocenters. The number of rotatable bonds is 8. The molecule has 0 saturated carbocycles. The molecule has 0 saturated heterocycles. The Balaban J connectivity index is 3.70. The van der Waals surface area contributed by atoms with Gasteiger partial charge >= 0.3 is 0 Å². The molecular weight excluding hydrogens is 200 g/mol. The average molecular weight is 218 g/mol.